The molecule has 2 aromatic rings. The van der Waals surface area contributed by atoms with E-state index < -0.39 is 0 Å². The molecule has 0 aromatic carbocycles. The largest absolute Gasteiger partial charge is 0.351 e. The van der Waals surface area contributed by atoms with Crippen molar-refractivity contribution in [2.45, 2.75) is 13.0 Å². The highest BCUT2D eigenvalue weighted by Crippen LogP contribution is 2.25. The topological polar surface area (TPSA) is 29.0 Å². The van der Waals surface area contributed by atoms with E-state index in [1.54, 1.807) is 11.3 Å². The van der Waals surface area contributed by atoms with Crippen molar-refractivity contribution in [2.24, 2.45) is 0 Å². The summed E-state index contributed by atoms with van der Waals surface area (Å²) < 4.78 is 1.02. The second kappa shape index (κ2) is 4.14. The van der Waals surface area contributed by atoms with Crippen LogP contribution in [0.2, 0.25) is 0 Å². The van der Waals surface area contributed by atoms with Crippen LogP contribution in [0.25, 0.3) is 0 Å². The third-order valence-corrected chi connectivity index (χ3v) is 4.04. The van der Waals surface area contributed by atoms with E-state index in [2.05, 4.69) is 36.9 Å². The van der Waals surface area contributed by atoms with Crippen LogP contribution in [0.1, 0.15) is 10.6 Å². The third kappa shape index (κ3) is 1.85. The summed E-state index contributed by atoms with van der Waals surface area (Å²) in [4.78, 5) is 12.5. The lowest BCUT2D eigenvalue weighted by atomic mass is 10.2. The number of hydrogen-bond acceptors (Lipinski definition) is 4. The Kier molecular flexibility index (Phi) is 2.65. The lowest BCUT2D eigenvalue weighted by molar-refractivity contribution is 0.718. The summed E-state index contributed by atoms with van der Waals surface area (Å²) >= 11 is 5.14. The molecule has 0 unspecified atom stereocenters. The minimum atomic E-state index is 0.939. The lowest BCUT2D eigenvalue weighted by Crippen LogP contribution is -2.30. The van der Waals surface area contributed by atoms with Crippen molar-refractivity contribution in [2.75, 3.05) is 11.4 Å². The van der Waals surface area contributed by atoms with Crippen molar-refractivity contribution in [1.82, 2.24) is 9.97 Å². The van der Waals surface area contributed by atoms with Gasteiger partial charge in [0, 0.05) is 28.5 Å². The van der Waals surface area contributed by atoms with Gasteiger partial charge in [-0.15, -0.1) is 11.3 Å². The van der Waals surface area contributed by atoms with E-state index in [1.807, 2.05) is 17.8 Å². The molecule has 0 N–H and O–H groups in total. The van der Waals surface area contributed by atoms with Gasteiger partial charge in [0.05, 0.1) is 17.7 Å². The van der Waals surface area contributed by atoms with Crippen LogP contribution in [0.3, 0.4) is 0 Å². The molecule has 0 radical (unpaired) electrons. The van der Waals surface area contributed by atoms with Gasteiger partial charge in [0.15, 0.2) is 0 Å². The van der Waals surface area contributed by atoms with Crippen LogP contribution in [0.15, 0.2) is 28.3 Å². The Bertz CT molecular complexity index is 494. The molecule has 0 saturated carbocycles. The minimum Gasteiger partial charge on any atom is -0.351 e. The first kappa shape index (κ1) is 10.2. The second-order valence-corrected chi connectivity index (χ2v) is 5.58. The fourth-order valence-electron chi connectivity index (χ4n) is 1.87. The molecule has 1 aliphatic heterocycles. The fourth-order valence-corrected chi connectivity index (χ4v) is 2.93. The van der Waals surface area contributed by atoms with Gasteiger partial charge in [-0.2, -0.15) is 0 Å². The summed E-state index contributed by atoms with van der Waals surface area (Å²) in [6.07, 6.45) is 2.87. The maximum absolute atomic E-state index is 4.42. The van der Waals surface area contributed by atoms with Crippen LogP contribution in [0.4, 0.5) is 5.82 Å². The molecule has 82 valence electrons. The Balaban J connectivity index is 1.86. The Labute approximate surface area is 106 Å². The van der Waals surface area contributed by atoms with Crippen molar-refractivity contribution in [3.8, 4) is 0 Å². The monoisotopic (exact) mass is 295 g/mol. The Morgan fingerprint density at radius 1 is 1.31 bits per heavy atom. The van der Waals surface area contributed by atoms with E-state index >= 15 is 0 Å². The molecule has 0 spiro atoms. The number of nitrogens with zero attached hydrogens (tertiary/aromatic N) is 3. The van der Waals surface area contributed by atoms with Gasteiger partial charge in [-0.05, 0) is 28.1 Å². The summed E-state index contributed by atoms with van der Waals surface area (Å²) in [5.74, 6) is 1.04. The first-order valence-electron chi connectivity index (χ1n) is 5.10. The van der Waals surface area contributed by atoms with Gasteiger partial charge in [0.25, 0.3) is 0 Å². The van der Waals surface area contributed by atoms with Crippen LogP contribution in [0.5, 0.6) is 0 Å². The number of fused-ring (bicyclic) bond motifs is 1. The molecule has 1 aliphatic rings. The SMILES string of the molecule is Brc1ccc(N2CCc3ncsc3C2)nc1. The highest BCUT2D eigenvalue weighted by molar-refractivity contribution is 9.10. The third-order valence-electron chi connectivity index (χ3n) is 2.71. The maximum Gasteiger partial charge on any atom is 0.128 e. The normalized spacial score (nSPS) is 14.9. The van der Waals surface area contributed by atoms with E-state index in [9.17, 15) is 0 Å². The van der Waals surface area contributed by atoms with Gasteiger partial charge in [-0.25, -0.2) is 9.97 Å². The number of rotatable bonds is 1. The summed E-state index contributed by atoms with van der Waals surface area (Å²) in [6, 6.07) is 4.08. The molecular formula is C11H10BrN3S. The van der Waals surface area contributed by atoms with Crippen molar-refractivity contribution in [3.63, 3.8) is 0 Å². The number of hydrogen-bond donors (Lipinski definition) is 0. The molecule has 0 bridgehead atoms. The molecule has 3 rings (SSSR count). The highest BCUT2D eigenvalue weighted by Gasteiger charge is 2.19. The zero-order valence-electron chi connectivity index (χ0n) is 8.56. The van der Waals surface area contributed by atoms with Crippen molar-refractivity contribution in [1.29, 1.82) is 0 Å². The quantitative estimate of drug-likeness (QED) is 0.810. The molecule has 0 atom stereocenters. The van der Waals surface area contributed by atoms with Gasteiger partial charge >= 0.3 is 0 Å². The van der Waals surface area contributed by atoms with Crippen LogP contribution in [0, 0.1) is 0 Å². The minimum absolute atomic E-state index is 0.939. The van der Waals surface area contributed by atoms with Crippen LogP contribution >= 0.6 is 27.3 Å². The fraction of sp³-hybridized carbons (Fsp3) is 0.273. The highest BCUT2D eigenvalue weighted by atomic mass is 79.9. The first-order valence-corrected chi connectivity index (χ1v) is 6.78. The van der Waals surface area contributed by atoms with Crippen molar-refractivity contribution < 1.29 is 0 Å². The van der Waals surface area contributed by atoms with E-state index in [4.69, 9.17) is 0 Å². The summed E-state index contributed by atoms with van der Waals surface area (Å²) in [6.45, 7) is 1.94. The van der Waals surface area contributed by atoms with Gasteiger partial charge in [-0.1, -0.05) is 0 Å². The summed E-state index contributed by atoms with van der Waals surface area (Å²) in [7, 11) is 0. The van der Waals surface area contributed by atoms with Crippen LogP contribution in [-0.4, -0.2) is 16.5 Å². The number of aromatic nitrogens is 2. The Morgan fingerprint density at radius 2 is 2.25 bits per heavy atom. The number of pyridine rings is 1. The van der Waals surface area contributed by atoms with Crippen molar-refractivity contribution in [3.05, 3.63) is 38.9 Å². The lowest BCUT2D eigenvalue weighted by Gasteiger charge is -2.27. The zero-order chi connectivity index (χ0) is 11.0. The summed E-state index contributed by atoms with van der Waals surface area (Å²) in [5.41, 5.74) is 3.20. The Hall–Kier alpha value is -0.940. The predicted octanol–water partition coefficient (Wildman–Crippen LogP) is 2.86. The zero-order valence-corrected chi connectivity index (χ0v) is 11.0. The average Bonchev–Trinajstić information content (AvgIpc) is 2.77. The molecule has 3 nitrogen and oxygen atoms in total. The number of halogens is 1. The van der Waals surface area contributed by atoms with Gasteiger partial charge in [0.2, 0.25) is 0 Å². The predicted molar refractivity (Wildman–Crippen MR) is 68.8 cm³/mol. The molecule has 16 heavy (non-hydrogen) atoms. The van der Waals surface area contributed by atoms with E-state index in [0.29, 0.717) is 0 Å². The number of thiazole rings is 1. The molecule has 5 heteroatoms. The first-order chi connectivity index (χ1) is 7.83. The standard InChI is InChI=1S/C11H10BrN3S/c12-8-1-2-11(13-5-8)15-4-3-9-10(6-15)16-7-14-9/h1-2,5,7H,3-4,6H2. The smallest absolute Gasteiger partial charge is 0.128 e. The summed E-state index contributed by atoms with van der Waals surface area (Å²) in [5, 5.41) is 0. The second-order valence-electron chi connectivity index (χ2n) is 3.73. The van der Waals surface area contributed by atoms with E-state index in [-0.39, 0.29) is 0 Å². The van der Waals surface area contributed by atoms with E-state index in [0.717, 1.165) is 29.8 Å². The average molecular weight is 296 g/mol. The molecule has 0 fully saturated rings. The molecule has 0 aliphatic carbocycles. The Morgan fingerprint density at radius 3 is 3.06 bits per heavy atom. The van der Waals surface area contributed by atoms with Crippen molar-refractivity contribution >= 4 is 33.1 Å². The molecule has 3 heterocycles. The molecule has 0 saturated heterocycles. The molecule has 2 aromatic heterocycles. The molecular weight excluding hydrogens is 286 g/mol. The van der Waals surface area contributed by atoms with Gasteiger partial charge in [0.1, 0.15) is 5.82 Å². The van der Waals surface area contributed by atoms with Crippen LogP contribution in [-0.2, 0) is 13.0 Å². The maximum atomic E-state index is 4.42. The van der Waals surface area contributed by atoms with Crippen LogP contribution < -0.4 is 4.90 Å². The number of anilines is 1. The molecule has 0 amide bonds. The van der Waals surface area contributed by atoms with E-state index in [1.165, 1.54) is 10.6 Å². The van der Waals surface area contributed by atoms with Gasteiger partial charge < -0.3 is 4.90 Å². The van der Waals surface area contributed by atoms with Gasteiger partial charge in [-0.3, -0.25) is 0 Å².